The molecule has 0 amide bonds. The summed E-state index contributed by atoms with van der Waals surface area (Å²) in [6, 6.07) is 5.23. The van der Waals surface area contributed by atoms with E-state index in [9.17, 15) is 9.90 Å². The van der Waals surface area contributed by atoms with Gasteiger partial charge >= 0.3 is 5.97 Å². The lowest BCUT2D eigenvalue weighted by Crippen LogP contribution is -2.38. The lowest BCUT2D eigenvalue weighted by Gasteiger charge is -2.28. The summed E-state index contributed by atoms with van der Waals surface area (Å²) in [7, 11) is 1.39. The highest BCUT2D eigenvalue weighted by Gasteiger charge is 2.24. The van der Waals surface area contributed by atoms with Crippen LogP contribution in [0.25, 0.3) is 0 Å². The Balaban J connectivity index is 2.17. The number of hydrogen-bond acceptors (Lipinski definition) is 4. The maximum Gasteiger partial charge on any atom is 0.322 e. The molecule has 1 aromatic carbocycles. The van der Waals surface area contributed by atoms with E-state index in [1.54, 1.807) is 19.1 Å². The first-order chi connectivity index (χ1) is 8.61. The van der Waals surface area contributed by atoms with Gasteiger partial charge in [-0.2, -0.15) is 0 Å². The Morgan fingerprint density at radius 3 is 3.06 bits per heavy atom. The summed E-state index contributed by atoms with van der Waals surface area (Å²) in [4.78, 5) is 11.4. The molecule has 0 aromatic heterocycles. The molecule has 2 N–H and O–H groups in total. The lowest BCUT2D eigenvalue weighted by molar-refractivity contribution is -0.142. The Labute approximate surface area is 107 Å². The molecule has 0 aliphatic heterocycles. The highest BCUT2D eigenvalue weighted by atomic mass is 16.5. The van der Waals surface area contributed by atoms with E-state index < -0.39 is 0 Å². The van der Waals surface area contributed by atoms with E-state index in [-0.39, 0.29) is 23.8 Å². The number of aromatic hydroxyl groups is 1. The fourth-order valence-electron chi connectivity index (χ4n) is 2.51. The van der Waals surface area contributed by atoms with Crippen LogP contribution in [0.2, 0.25) is 0 Å². The molecular weight excluding hydrogens is 230 g/mol. The number of methoxy groups -OCH3 is 1. The van der Waals surface area contributed by atoms with Crippen molar-refractivity contribution in [2.45, 2.75) is 38.3 Å². The second-order valence-corrected chi connectivity index (χ2v) is 4.74. The maximum absolute atomic E-state index is 11.4. The molecule has 2 atom stereocenters. The molecule has 4 heteroatoms. The molecule has 0 radical (unpaired) electrons. The molecule has 0 fully saturated rings. The number of nitrogens with one attached hydrogen (secondary N) is 1. The van der Waals surface area contributed by atoms with Gasteiger partial charge in [-0.25, -0.2) is 0 Å². The van der Waals surface area contributed by atoms with Crippen LogP contribution in [0, 0.1) is 0 Å². The SMILES string of the molecule is COC(=O)C(C)NC1CCCc2ccc(O)cc21. The number of aryl methyl sites for hydroxylation is 1. The molecule has 2 rings (SSSR count). The number of carbonyl (C=O) groups is 1. The van der Waals surface area contributed by atoms with Gasteiger partial charge in [0.1, 0.15) is 11.8 Å². The van der Waals surface area contributed by atoms with Crippen molar-refractivity contribution in [3.05, 3.63) is 29.3 Å². The average molecular weight is 249 g/mol. The molecule has 2 unspecified atom stereocenters. The van der Waals surface area contributed by atoms with Crippen molar-refractivity contribution in [1.82, 2.24) is 5.32 Å². The van der Waals surface area contributed by atoms with Gasteiger partial charge in [0.25, 0.3) is 0 Å². The van der Waals surface area contributed by atoms with E-state index in [1.807, 2.05) is 6.07 Å². The summed E-state index contributed by atoms with van der Waals surface area (Å²) in [5.74, 6) is 0.00967. The fraction of sp³-hybridized carbons (Fsp3) is 0.500. The number of ether oxygens (including phenoxy) is 1. The molecule has 1 aliphatic carbocycles. The van der Waals surface area contributed by atoms with E-state index >= 15 is 0 Å². The van der Waals surface area contributed by atoms with Gasteiger partial charge < -0.3 is 9.84 Å². The van der Waals surface area contributed by atoms with Crippen LogP contribution in [0.15, 0.2) is 18.2 Å². The molecule has 18 heavy (non-hydrogen) atoms. The normalized spacial score (nSPS) is 20.0. The zero-order chi connectivity index (χ0) is 13.1. The van der Waals surface area contributed by atoms with Gasteiger partial charge in [-0.05, 0) is 49.4 Å². The van der Waals surface area contributed by atoms with Crippen LogP contribution in [-0.2, 0) is 16.0 Å². The molecule has 98 valence electrons. The molecule has 4 nitrogen and oxygen atoms in total. The standard InChI is InChI=1S/C14H19NO3/c1-9(14(17)18-2)15-13-5-3-4-10-6-7-11(16)8-12(10)13/h6-9,13,15-16H,3-5H2,1-2H3. The number of hydrogen-bond donors (Lipinski definition) is 2. The third-order valence-electron chi connectivity index (χ3n) is 3.45. The number of carbonyl (C=O) groups excluding carboxylic acids is 1. The molecule has 1 aliphatic rings. The first-order valence-electron chi connectivity index (χ1n) is 6.27. The molecule has 0 saturated carbocycles. The second kappa shape index (κ2) is 5.40. The minimum absolute atomic E-state index is 0.106. The summed E-state index contributed by atoms with van der Waals surface area (Å²) >= 11 is 0. The van der Waals surface area contributed by atoms with E-state index in [2.05, 4.69) is 5.32 Å². The van der Waals surface area contributed by atoms with E-state index in [4.69, 9.17) is 4.74 Å². The Hall–Kier alpha value is -1.55. The van der Waals surface area contributed by atoms with Gasteiger partial charge in [0, 0.05) is 6.04 Å². The second-order valence-electron chi connectivity index (χ2n) is 4.74. The van der Waals surface area contributed by atoms with E-state index in [1.165, 1.54) is 12.7 Å². The number of benzene rings is 1. The molecule has 1 aromatic rings. The Morgan fingerprint density at radius 2 is 2.33 bits per heavy atom. The topological polar surface area (TPSA) is 58.6 Å². The van der Waals surface area contributed by atoms with Gasteiger partial charge in [-0.15, -0.1) is 0 Å². The van der Waals surface area contributed by atoms with Crippen molar-refractivity contribution in [1.29, 1.82) is 0 Å². The van der Waals surface area contributed by atoms with Crippen LogP contribution in [0.3, 0.4) is 0 Å². The van der Waals surface area contributed by atoms with Crippen LogP contribution in [0.4, 0.5) is 0 Å². The summed E-state index contributed by atoms with van der Waals surface area (Å²) in [5, 5.41) is 12.8. The quantitative estimate of drug-likeness (QED) is 0.804. The minimum Gasteiger partial charge on any atom is -0.508 e. The van der Waals surface area contributed by atoms with Crippen molar-refractivity contribution >= 4 is 5.97 Å². The average Bonchev–Trinajstić information content (AvgIpc) is 2.38. The Kier molecular flexibility index (Phi) is 3.87. The Morgan fingerprint density at radius 1 is 1.56 bits per heavy atom. The largest absolute Gasteiger partial charge is 0.508 e. The van der Waals surface area contributed by atoms with Crippen molar-refractivity contribution in [3.63, 3.8) is 0 Å². The van der Waals surface area contributed by atoms with Crippen molar-refractivity contribution in [2.24, 2.45) is 0 Å². The van der Waals surface area contributed by atoms with Crippen molar-refractivity contribution in [3.8, 4) is 5.75 Å². The number of rotatable bonds is 3. The summed E-state index contributed by atoms with van der Waals surface area (Å²) in [6.07, 6.45) is 3.08. The van der Waals surface area contributed by atoms with Gasteiger partial charge in [0.05, 0.1) is 7.11 Å². The van der Waals surface area contributed by atoms with Gasteiger partial charge in [-0.3, -0.25) is 10.1 Å². The number of phenolic OH excluding ortho intramolecular Hbond substituents is 1. The summed E-state index contributed by atoms with van der Waals surface area (Å²) in [6.45, 7) is 1.79. The van der Waals surface area contributed by atoms with Crippen LogP contribution in [0.1, 0.15) is 36.9 Å². The number of phenols is 1. The lowest BCUT2D eigenvalue weighted by atomic mass is 9.87. The predicted octanol–water partition coefficient (Wildman–Crippen LogP) is 1.92. The molecule has 0 spiro atoms. The van der Waals surface area contributed by atoms with Gasteiger partial charge in [0.15, 0.2) is 0 Å². The Bertz CT molecular complexity index is 445. The highest BCUT2D eigenvalue weighted by Crippen LogP contribution is 2.32. The van der Waals surface area contributed by atoms with Gasteiger partial charge in [0.2, 0.25) is 0 Å². The van der Waals surface area contributed by atoms with E-state index in [0.29, 0.717) is 0 Å². The van der Waals surface area contributed by atoms with Crippen LogP contribution < -0.4 is 5.32 Å². The molecular formula is C14H19NO3. The summed E-state index contributed by atoms with van der Waals surface area (Å²) in [5.41, 5.74) is 2.34. The highest BCUT2D eigenvalue weighted by molar-refractivity contribution is 5.75. The third kappa shape index (κ3) is 2.64. The number of esters is 1. The summed E-state index contributed by atoms with van der Waals surface area (Å²) < 4.78 is 4.71. The van der Waals surface area contributed by atoms with Crippen LogP contribution in [-0.4, -0.2) is 24.2 Å². The van der Waals surface area contributed by atoms with Crippen molar-refractivity contribution in [2.75, 3.05) is 7.11 Å². The van der Waals surface area contributed by atoms with E-state index in [0.717, 1.165) is 24.8 Å². The van der Waals surface area contributed by atoms with Gasteiger partial charge in [-0.1, -0.05) is 6.07 Å². The molecule has 0 heterocycles. The third-order valence-corrected chi connectivity index (χ3v) is 3.45. The number of fused-ring (bicyclic) bond motifs is 1. The smallest absolute Gasteiger partial charge is 0.322 e. The first kappa shape index (κ1) is 12.9. The zero-order valence-electron chi connectivity index (χ0n) is 10.8. The zero-order valence-corrected chi connectivity index (χ0v) is 10.8. The maximum atomic E-state index is 11.4. The molecule has 0 bridgehead atoms. The molecule has 0 saturated heterocycles. The van der Waals surface area contributed by atoms with Crippen molar-refractivity contribution < 1.29 is 14.6 Å². The van der Waals surface area contributed by atoms with Crippen LogP contribution in [0.5, 0.6) is 5.75 Å². The first-order valence-corrected chi connectivity index (χ1v) is 6.27. The monoisotopic (exact) mass is 249 g/mol. The minimum atomic E-state index is -0.340. The fourth-order valence-corrected chi connectivity index (χ4v) is 2.51. The predicted molar refractivity (Wildman–Crippen MR) is 68.4 cm³/mol. The van der Waals surface area contributed by atoms with Crippen LogP contribution >= 0.6 is 0 Å².